The number of aromatic nitrogens is 3. The summed E-state index contributed by atoms with van der Waals surface area (Å²) in [5.74, 6) is 0.590. The third-order valence-corrected chi connectivity index (χ3v) is 4.82. The summed E-state index contributed by atoms with van der Waals surface area (Å²) >= 11 is 1.26. The first-order chi connectivity index (χ1) is 13.7. The Balaban J connectivity index is 1.73. The number of carbonyl (C=O) groups excluding carboxylic acids is 1. The molecule has 11 heteroatoms. The van der Waals surface area contributed by atoms with Gasteiger partial charge in [0.1, 0.15) is 6.54 Å². The van der Waals surface area contributed by atoms with Crippen LogP contribution in [0.5, 0.6) is 11.5 Å². The standard InChI is InChI=1S/C18H17F3N4O3S/c1-10-16(11-4-5-12(27-2)13(8-11)28-3)23-17(29-10)22-15(26)9-25-7-6-14(24-25)18(19,20)21/h4-8H,9H2,1-3H3,(H,22,23,26). The minimum Gasteiger partial charge on any atom is -0.493 e. The highest BCUT2D eigenvalue weighted by atomic mass is 32.1. The maximum atomic E-state index is 12.6. The van der Waals surface area contributed by atoms with E-state index in [0.717, 1.165) is 27.4 Å². The van der Waals surface area contributed by atoms with E-state index in [1.807, 2.05) is 13.0 Å². The van der Waals surface area contributed by atoms with Crippen molar-refractivity contribution in [3.63, 3.8) is 0 Å². The van der Waals surface area contributed by atoms with Crippen LogP contribution in [0.2, 0.25) is 0 Å². The molecule has 3 aromatic rings. The van der Waals surface area contributed by atoms with E-state index in [0.29, 0.717) is 22.3 Å². The third-order valence-electron chi connectivity index (χ3n) is 3.94. The van der Waals surface area contributed by atoms with Crippen LogP contribution < -0.4 is 14.8 Å². The molecule has 0 atom stereocenters. The molecule has 2 aromatic heterocycles. The Morgan fingerprint density at radius 3 is 2.55 bits per heavy atom. The van der Waals surface area contributed by atoms with Gasteiger partial charge in [0.15, 0.2) is 22.3 Å². The molecule has 0 bridgehead atoms. The summed E-state index contributed by atoms with van der Waals surface area (Å²) in [6, 6.07) is 6.16. The molecule has 1 aromatic carbocycles. The number of benzene rings is 1. The van der Waals surface area contributed by atoms with Crippen molar-refractivity contribution in [2.24, 2.45) is 0 Å². The van der Waals surface area contributed by atoms with E-state index in [9.17, 15) is 18.0 Å². The molecule has 0 aliphatic carbocycles. The van der Waals surface area contributed by atoms with E-state index in [4.69, 9.17) is 9.47 Å². The van der Waals surface area contributed by atoms with Gasteiger partial charge in [-0.2, -0.15) is 18.3 Å². The summed E-state index contributed by atoms with van der Waals surface area (Å²) < 4.78 is 49.2. The third kappa shape index (κ3) is 4.67. The molecule has 7 nitrogen and oxygen atoms in total. The van der Waals surface area contributed by atoms with Gasteiger partial charge in [0.25, 0.3) is 0 Å². The minimum absolute atomic E-state index is 0.334. The summed E-state index contributed by atoms with van der Waals surface area (Å²) in [5.41, 5.74) is 0.384. The second-order valence-electron chi connectivity index (χ2n) is 5.94. The van der Waals surface area contributed by atoms with Crippen LogP contribution in [0.1, 0.15) is 10.6 Å². The van der Waals surface area contributed by atoms with Gasteiger partial charge >= 0.3 is 6.18 Å². The van der Waals surface area contributed by atoms with Gasteiger partial charge in [-0.3, -0.25) is 9.48 Å². The lowest BCUT2D eigenvalue weighted by Crippen LogP contribution is -2.19. The van der Waals surface area contributed by atoms with Crippen LogP contribution in [-0.4, -0.2) is 34.9 Å². The fourth-order valence-electron chi connectivity index (χ4n) is 2.61. The summed E-state index contributed by atoms with van der Waals surface area (Å²) in [7, 11) is 3.07. The number of methoxy groups -OCH3 is 2. The van der Waals surface area contributed by atoms with E-state index in [1.165, 1.54) is 25.6 Å². The van der Waals surface area contributed by atoms with Crippen LogP contribution in [0.15, 0.2) is 30.5 Å². The molecule has 0 aliphatic heterocycles. The van der Waals surface area contributed by atoms with Crippen molar-refractivity contribution in [3.8, 4) is 22.8 Å². The Labute approximate surface area is 168 Å². The number of amides is 1. The number of thiazole rings is 1. The van der Waals surface area contributed by atoms with Gasteiger partial charge in [-0.1, -0.05) is 0 Å². The van der Waals surface area contributed by atoms with E-state index in [2.05, 4.69) is 15.4 Å². The lowest BCUT2D eigenvalue weighted by Gasteiger charge is -2.08. The number of anilines is 1. The highest BCUT2D eigenvalue weighted by molar-refractivity contribution is 7.16. The summed E-state index contributed by atoms with van der Waals surface area (Å²) in [6.45, 7) is 1.49. The molecule has 0 unspecified atom stereocenters. The molecule has 0 saturated heterocycles. The second-order valence-corrected chi connectivity index (χ2v) is 7.14. The molecule has 0 saturated carbocycles. The zero-order valence-corrected chi connectivity index (χ0v) is 16.5. The molecule has 1 amide bonds. The smallest absolute Gasteiger partial charge is 0.435 e. The molecule has 29 heavy (non-hydrogen) atoms. The van der Waals surface area contributed by atoms with Gasteiger partial charge < -0.3 is 14.8 Å². The monoisotopic (exact) mass is 426 g/mol. The largest absolute Gasteiger partial charge is 0.493 e. The molecule has 0 radical (unpaired) electrons. The molecule has 0 spiro atoms. The van der Waals surface area contributed by atoms with Crippen molar-refractivity contribution < 1.29 is 27.4 Å². The maximum absolute atomic E-state index is 12.6. The van der Waals surface area contributed by atoms with Crippen LogP contribution in [0, 0.1) is 6.92 Å². The van der Waals surface area contributed by atoms with Crippen LogP contribution >= 0.6 is 11.3 Å². The molecule has 1 N–H and O–H groups in total. The van der Waals surface area contributed by atoms with Gasteiger partial charge in [0.05, 0.1) is 19.9 Å². The number of alkyl halides is 3. The predicted octanol–water partition coefficient (Wildman–Crippen LogP) is 3.99. The number of halogens is 3. The summed E-state index contributed by atoms with van der Waals surface area (Å²) in [6.07, 6.45) is -3.45. The van der Waals surface area contributed by atoms with Crippen LogP contribution in [0.3, 0.4) is 0 Å². The van der Waals surface area contributed by atoms with Gasteiger partial charge in [0.2, 0.25) is 5.91 Å². The SMILES string of the molecule is COc1ccc(-c2nc(NC(=O)Cn3ccc(C(F)(F)F)n3)sc2C)cc1OC. The fraction of sp³-hybridized carbons (Fsp3) is 0.278. The molecule has 3 rings (SSSR count). The van der Waals surface area contributed by atoms with E-state index in [-0.39, 0.29) is 6.54 Å². The molecule has 154 valence electrons. The highest BCUT2D eigenvalue weighted by Crippen LogP contribution is 2.36. The van der Waals surface area contributed by atoms with Gasteiger partial charge in [-0.15, -0.1) is 11.3 Å². The Kier molecular flexibility index (Phi) is 5.78. The first-order valence-corrected chi connectivity index (χ1v) is 9.13. The average Bonchev–Trinajstić information content (AvgIpc) is 3.27. The Bertz CT molecular complexity index is 1030. The summed E-state index contributed by atoms with van der Waals surface area (Å²) in [5, 5.41) is 6.28. The van der Waals surface area contributed by atoms with Crippen molar-refractivity contribution in [1.82, 2.24) is 14.8 Å². The van der Waals surface area contributed by atoms with Crippen LogP contribution in [-0.2, 0) is 17.5 Å². The van der Waals surface area contributed by atoms with Crippen LogP contribution in [0.25, 0.3) is 11.3 Å². The zero-order chi connectivity index (χ0) is 21.2. The highest BCUT2D eigenvalue weighted by Gasteiger charge is 2.33. The summed E-state index contributed by atoms with van der Waals surface area (Å²) in [4.78, 5) is 17.4. The van der Waals surface area contributed by atoms with Crippen molar-refractivity contribution in [1.29, 1.82) is 0 Å². The van der Waals surface area contributed by atoms with Crippen molar-refractivity contribution in [2.45, 2.75) is 19.6 Å². The quantitative estimate of drug-likeness (QED) is 0.645. The lowest BCUT2D eigenvalue weighted by molar-refractivity contribution is -0.141. The maximum Gasteiger partial charge on any atom is 0.435 e. The first-order valence-electron chi connectivity index (χ1n) is 8.31. The molecular formula is C18H17F3N4O3S. The Morgan fingerprint density at radius 1 is 1.21 bits per heavy atom. The lowest BCUT2D eigenvalue weighted by atomic mass is 10.1. The first kappa shape index (κ1) is 20.6. The topological polar surface area (TPSA) is 78.3 Å². The second kappa shape index (κ2) is 8.11. The number of nitrogens with zero attached hydrogens (tertiary/aromatic N) is 3. The molecular weight excluding hydrogens is 409 g/mol. The average molecular weight is 426 g/mol. The number of ether oxygens (including phenoxy) is 2. The molecule has 0 aliphatic rings. The molecule has 2 heterocycles. The minimum atomic E-state index is -4.55. The van der Waals surface area contributed by atoms with Crippen LogP contribution in [0.4, 0.5) is 18.3 Å². The number of aryl methyl sites for hydroxylation is 1. The number of nitrogens with one attached hydrogen (secondary N) is 1. The van der Waals surface area contributed by atoms with Gasteiger partial charge in [-0.25, -0.2) is 4.98 Å². The Hall–Kier alpha value is -3.08. The van der Waals surface area contributed by atoms with Crippen molar-refractivity contribution >= 4 is 22.4 Å². The Morgan fingerprint density at radius 2 is 1.93 bits per heavy atom. The van der Waals surface area contributed by atoms with E-state index >= 15 is 0 Å². The van der Waals surface area contributed by atoms with Crippen molar-refractivity contribution in [2.75, 3.05) is 19.5 Å². The number of rotatable bonds is 6. The molecule has 0 fully saturated rings. The van der Waals surface area contributed by atoms with Gasteiger partial charge in [-0.05, 0) is 31.2 Å². The zero-order valence-electron chi connectivity index (χ0n) is 15.7. The fourth-order valence-corrected chi connectivity index (χ4v) is 3.46. The van der Waals surface area contributed by atoms with Gasteiger partial charge in [0, 0.05) is 16.6 Å². The number of hydrogen-bond donors (Lipinski definition) is 1. The number of hydrogen-bond acceptors (Lipinski definition) is 6. The van der Waals surface area contributed by atoms with E-state index in [1.54, 1.807) is 12.1 Å². The normalized spacial score (nSPS) is 11.4. The van der Waals surface area contributed by atoms with E-state index < -0.39 is 17.8 Å². The van der Waals surface area contributed by atoms with Crippen molar-refractivity contribution in [3.05, 3.63) is 41.0 Å². The number of carbonyl (C=O) groups is 1. The predicted molar refractivity (Wildman–Crippen MR) is 101 cm³/mol.